The van der Waals surface area contributed by atoms with Crippen LogP contribution in [0.2, 0.25) is 0 Å². The molecule has 0 saturated carbocycles. The highest BCUT2D eigenvalue weighted by Crippen LogP contribution is 2.30. The number of anilines is 2. The van der Waals surface area contributed by atoms with Gasteiger partial charge < -0.3 is 10.2 Å². The first-order valence-electron chi connectivity index (χ1n) is 8.98. The van der Waals surface area contributed by atoms with E-state index in [1.54, 1.807) is 18.3 Å². The van der Waals surface area contributed by atoms with Gasteiger partial charge in [0.15, 0.2) is 5.65 Å². The van der Waals surface area contributed by atoms with Gasteiger partial charge in [-0.2, -0.15) is 5.26 Å². The summed E-state index contributed by atoms with van der Waals surface area (Å²) in [5, 5.41) is 13.3. The average molecular weight is 394 g/mol. The Kier molecular flexibility index (Phi) is 5.76. The minimum absolute atomic E-state index is 0. The molecule has 1 aliphatic heterocycles. The van der Waals surface area contributed by atoms with Crippen LogP contribution in [0.25, 0.3) is 11.0 Å². The molecule has 0 bridgehead atoms. The molecular formula is C21H20ClN5O. The molecule has 3 aromatic rings. The number of carbonyl (C=O) groups excluding carboxylic acids is 1. The smallest absolute Gasteiger partial charge is 0.257 e. The van der Waals surface area contributed by atoms with Gasteiger partial charge in [0.05, 0.1) is 22.9 Å². The summed E-state index contributed by atoms with van der Waals surface area (Å²) in [6.07, 6.45) is 3.66. The third-order valence-electron chi connectivity index (χ3n) is 4.75. The molecule has 4 rings (SSSR count). The van der Waals surface area contributed by atoms with Gasteiger partial charge in [0.1, 0.15) is 0 Å². The number of pyridine rings is 2. The highest BCUT2D eigenvalue weighted by Gasteiger charge is 2.24. The Morgan fingerprint density at radius 2 is 2.00 bits per heavy atom. The van der Waals surface area contributed by atoms with E-state index in [4.69, 9.17) is 5.26 Å². The van der Waals surface area contributed by atoms with Crippen LogP contribution in [-0.2, 0) is 0 Å². The lowest BCUT2D eigenvalue weighted by molar-refractivity contribution is 0.0793. The van der Waals surface area contributed by atoms with Gasteiger partial charge in [-0.15, -0.1) is 12.4 Å². The van der Waals surface area contributed by atoms with Crippen molar-refractivity contribution >= 4 is 40.7 Å². The fourth-order valence-corrected chi connectivity index (χ4v) is 3.37. The molecular weight excluding hydrogens is 374 g/mol. The number of halogens is 1. The Hall–Kier alpha value is -3.17. The number of nitriles is 1. The quantitative estimate of drug-likeness (QED) is 0.720. The molecule has 0 spiro atoms. The Labute approximate surface area is 169 Å². The number of aromatic nitrogens is 2. The van der Waals surface area contributed by atoms with Crippen LogP contribution in [0.3, 0.4) is 0 Å². The van der Waals surface area contributed by atoms with Crippen LogP contribution in [0.1, 0.15) is 34.5 Å². The fourth-order valence-electron chi connectivity index (χ4n) is 3.37. The number of hydrogen-bond donors (Lipinski definition) is 1. The van der Waals surface area contributed by atoms with Gasteiger partial charge in [-0.05, 0) is 50.1 Å². The predicted octanol–water partition coefficient (Wildman–Crippen LogP) is 4.21. The summed E-state index contributed by atoms with van der Waals surface area (Å²) < 4.78 is 0. The maximum Gasteiger partial charge on any atom is 0.257 e. The number of nitrogens with zero attached hydrogens (tertiary/aromatic N) is 4. The molecule has 28 heavy (non-hydrogen) atoms. The van der Waals surface area contributed by atoms with Crippen molar-refractivity contribution in [2.75, 3.05) is 18.4 Å². The van der Waals surface area contributed by atoms with E-state index in [0.717, 1.165) is 42.7 Å². The molecule has 1 N–H and O–H groups in total. The maximum atomic E-state index is 13.1. The number of nitrogens with one attached hydrogen (secondary N) is 1. The molecule has 1 amide bonds. The molecule has 1 aromatic carbocycles. The van der Waals surface area contributed by atoms with Crippen molar-refractivity contribution < 1.29 is 4.79 Å². The topological polar surface area (TPSA) is 81.9 Å². The predicted molar refractivity (Wildman–Crippen MR) is 111 cm³/mol. The Bertz CT molecular complexity index is 1070. The van der Waals surface area contributed by atoms with Crippen LogP contribution in [0.4, 0.5) is 11.4 Å². The summed E-state index contributed by atoms with van der Waals surface area (Å²) in [6, 6.07) is 13.2. The third-order valence-corrected chi connectivity index (χ3v) is 4.75. The normalized spacial score (nSPS) is 13.1. The highest BCUT2D eigenvalue weighted by atomic mass is 35.5. The zero-order valence-electron chi connectivity index (χ0n) is 15.5. The van der Waals surface area contributed by atoms with E-state index in [9.17, 15) is 4.79 Å². The number of benzene rings is 1. The van der Waals surface area contributed by atoms with Crippen molar-refractivity contribution in [3.8, 4) is 6.07 Å². The molecule has 0 atom stereocenters. The zero-order chi connectivity index (χ0) is 18.8. The van der Waals surface area contributed by atoms with Crippen LogP contribution in [0.15, 0.2) is 42.6 Å². The van der Waals surface area contributed by atoms with Crippen LogP contribution in [0.5, 0.6) is 0 Å². The molecule has 0 radical (unpaired) electrons. The van der Waals surface area contributed by atoms with Gasteiger partial charge in [-0.25, -0.2) is 9.97 Å². The first-order chi connectivity index (χ1) is 13.2. The van der Waals surface area contributed by atoms with Crippen molar-refractivity contribution in [1.29, 1.82) is 5.26 Å². The second-order valence-corrected chi connectivity index (χ2v) is 6.69. The lowest BCUT2D eigenvalue weighted by Gasteiger charge is -2.19. The number of likely N-dealkylation sites (tertiary alicyclic amines) is 1. The molecule has 0 aliphatic carbocycles. The van der Waals surface area contributed by atoms with Gasteiger partial charge in [0.25, 0.3) is 5.91 Å². The van der Waals surface area contributed by atoms with E-state index in [-0.39, 0.29) is 18.3 Å². The number of rotatable bonds is 3. The Morgan fingerprint density at radius 1 is 1.21 bits per heavy atom. The number of hydrogen-bond acceptors (Lipinski definition) is 5. The van der Waals surface area contributed by atoms with Gasteiger partial charge in [0.2, 0.25) is 0 Å². The minimum Gasteiger partial charge on any atom is -0.354 e. The first-order valence-corrected chi connectivity index (χ1v) is 8.98. The summed E-state index contributed by atoms with van der Waals surface area (Å²) in [7, 11) is 0. The lowest BCUT2D eigenvalue weighted by atomic mass is 10.1. The molecule has 6 nitrogen and oxygen atoms in total. The van der Waals surface area contributed by atoms with Gasteiger partial charge in [-0.1, -0.05) is 6.07 Å². The summed E-state index contributed by atoms with van der Waals surface area (Å²) in [5.41, 5.74) is 3.97. The fraction of sp³-hybridized carbons (Fsp3) is 0.238. The molecule has 2 aromatic heterocycles. The molecule has 1 aliphatic rings. The molecule has 3 heterocycles. The van der Waals surface area contributed by atoms with Crippen molar-refractivity contribution in [3.63, 3.8) is 0 Å². The number of aryl methyl sites for hydroxylation is 1. The van der Waals surface area contributed by atoms with E-state index in [1.807, 2.05) is 36.1 Å². The Balaban J connectivity index is 0.00000225. The summed E-state index contributed by atoms with van der Waals surface area (Å²) in [6.45, 7) is 3.45. The van der Waals surface area contributed by atoms with Gasteiger partial charge in [-0.3, -0.25) is 4.79 Å². The largest absolute Gasteiger partial charge is 0.354 e. The monoisotopic (exact) mass is 393 g/mol. The van der Waals surface area contributed by atoms with E-state index >= 15 is 0 Å². The summed E-state index contributed by atoms with van der Waals surface area (Å²) >= 11 is 0. The van der Waals surface area contributed by atoms with Crippen molar-refractivity contribution in [3.05, 3.63) is 59.4 Å². The summed E-state index contributed by atoms with van der Waals surface area (Å²) in [4.78, 5) is 23.8. The third kappa shape index (κ3) is 3.75. The number of carbonyl (C=O) groups is 1. The maximum absolute atomic E-state index is 13.1. The van der Waals surface area contributed by atoms with Crippen molar-refractivity contribution in [2.24, 2.45) is 0 Å². The van der Waals surface area contributed by atoms with Gasteiger partial charge >= 0.3 is 0 Å². The molecule has 142 valence electrons. The Morgan fingerprint density at radius 3 is 2.75 bits per heavy atom. The standard InChI is InChI=1S/C21H19N5O.ClH/c1-14-7-8-17-19(25-16-6-4-5-15(11-16)12-22)18(13-23-20(17)24-14)21(27)26-9-2-3-10-26;/h4-8,11,13H,2-3,9-10H2,1H3,(H,23,24,25);1H. The molecule has 0 unspecified atom stereocenters. The SMILES string of the molecule is Cc1ccc2c(Nc3cccc(C#N)c3)c(C(=O)N3CCCC3)cnc2n1.Cl. The molecule has 7 heteroatoms. The lowest BCUT2D eigenvalue weighted by Crippen LogP contribution is -2.28. The van der Waals surface area contributed by atoms with E-state index in [2.05, 4.69) is 21.4 Å². The van der Waals surface area contributed by atoms with Gasteiger partial charge in [0, 0.05) is 36.1 Å². The average Bonchev–Trinajstić information content (AvgIpc) is 3.22. The first kappa shape index (κ1) is 19.6. The second kappa shape index (κ2) is 8.24. The van der Waals surface area contributed by atoms with Crippen molar-refractivity contribution in [1.82, 2.24) is 14.9 Å². The minimum atomic E-state index is -0.0265. The summed E-state index contributed by atoms with van der Waals surface area (Å²) in [5.74, 6) is -0.0265. The van der Waals surface area contributed by atoms with Crippen LogP contribution in [-0.4, -0.2) is 33.9 Å². The zero-order valence-corrected chi connectivity index (χ0v) is 16.3. The number of fused-ring (bicyclic) bond motifs is 1. The molecule has 1 saturated heterocycles. The van der Waals surface area contributed by atoms with Crippen molar-refractivity contribution in [2.45, 2.75) is 19.8 Å². The molecule has 1 fully saturated rings. The van der Waals surface area contributed by atoms with Crippen LogP contribution in [0, 0.1) is 18.3 Å². The van der Waals surface area contributed by atoms with E-state index < -0.39 is 0 Å². The van der Waals surface area contributed by atoms with Crippen LogP contribution >= 0.6 is 12.4 Å². The number of amides is 1. The van der Waals surface area contributed by atoms with Crippen LogP contribution < -0.4 is 5.32 Å². The highest BCUT2D eigenvalue weighted by molar-refractivity contribution is 6.07. The van der Waals surface area contributed by atoms with E-state index in [1.165, 1.54) is 0 Å². The second-order valence-electron chi connectivity index (χ2n) is 6.69. The van der Waals surface area contributed by atoms with E-state index in [0.29, 0.717) is 22.5 Å².